The van der Waals surface area contributed by atoms with Crippen LogP contribution < -0.4 is 0 Å². The van der Waals surface area contributed by atoms with Gasteiger partial charge in [-0.05, 0) is 12.1 Å². The molecular weight excluding hydrogens is 282 g/mol. The Kier molecular flexibility index (Phi) is 2.72. The lowest BCUT2D eigenvalue weighted by atomic mass is 10.2. The predicted molar refractivity (Wildman–Crippen MR) is 72.8 cm³/mol. The number of nitro benzene ring substituents is 1. The van der Waals surface area contributed by atoms with E-state index in [2.05, 4.69) is 9.97 Å². The monoisotopic (exact) mass is 289 g/mol. The van der Waals surface area contributed by atoms with Gasteiger partial charge in [-0.25, -0.2) is 4.98 Å². The Bertz CT molecular complexity index is 816. The molecule has 0 atom stereocenters. The molecule has 0 bridgehead atoms. The Morgan fingerprint density at radius 3 is 2.60 bits per heavy atom. The number of aromatic nitrogens is 2. The number of nitrogens with zero attached hydrogens (tertiary/aromatic N) is 3. The number of pyridine rings is 1. The fourth-order valence-corrected chi connectivity index (χ4v) is 2.88. The molecule has 0 aliphatic carbocycles. The molecule has 7 nitrogen and oxygen atoms in total. The topological polar surface area (TPSA) is 109 Å². The Labute approximate surface area is 115 Å². The van der Waals surface area contributed by atoms with Gasteiger partial charge in [0.05, 0.1) is 10.4 Å². The normalized spacial score (nSPS) is 10.8. The van der Waals surface area contributed by atoms with Gasteiger partial charge in [0, 0.05) is 24.0 Å². The van der Waals surface area contributed by atoms with E-state index in [0.29, 0.717) is 5.01 Å². The summed E-state index contributed by atoms with van der Waals surface area (Å²) in [6.07, 6.45) is 3.18. The average molecular weight is 289 g/mol. The van der Waals surface area contributed by atoms with E-state index in [1.165, 1.54) is 6.07 Å². The molecule has 0 saturated heterocycles. The molecule has 2 heterocycles. The lowest BCUT2D eigenvalue weighted by Crippen LogP contribution is -1.89. The second-order valence-corrected chi connectivity index (χ2v) is 4.95. The number of nitro groups is 1. The minimum atomic E-state index is -0.743. The van der Waals surface area contributed by atoms with Crippen LogP contribution in [0.5, 0.6) is 11.5 Å². The molecule has 2 N–H and O–H groups in total. The van der Waals surface area contributed by atoms with E-state index in [9.17, 15) is 20.3 Å². The molecule has 0 saturated carbocycles. The Hall–Kier alpha value is -2.74. The first kappa shape index (κ1) is 12.3. The van der Waals surface area contributed by atoms with Crippen molar-refractivity contribution in [3.05, 3.63) is 40.7 Å². The summed E-state index contributed by atoms with van der Waals surface area (Å²) in [4.78, 5) is 18.4. The highest BCUT2D eigenvalue weighted by Gasteiger charge is 2.25. The summed E-state index contributed by atoms with van der Waals surface area (Å²) in [5.74, 6) is -1.30. The van der Waals surface area contributed by atoms with Crippen molar-refractivity contribution in [2.45, 2.75) is 0 Å². The van der Waals surface area contributed by atoms with Crippen molar-refractivity contribution in [2.75, 3.05) is 0 Å². The molecule has 3 aromatic rings. The lowest BCUT2D eigenvalue weighted by molar-refractivity contribution is -0.383. The maximum atomic E-state index is 11.0. The second-order valence-electron chi connectivity index (χ2n) is 3.95. The summed E-state index contributed by atoms with van der Waals surface area (Å²) in [5.41, 5.74) is 0.496. The van der Waals surface area contributed by atoms with Gasteiger partial charge in [0.25, 0.3) is 0 Å². The number of rotatable bonds is 2. The van der Waals surface area contributed by atoms with Gasteiger partial charge in [0.15, 0.2) is 5.75 Å². The van der Waals surface area contributed by atoms with Crippen LogP contribution in [0, 0.1) is 10.1 Å². The molecular formula is C12H7N3O4S. The van der Waals surface area contributed by atoms with E-state index >= 15 is 0 Å². The predicted octanol–water partition coefficient (Wildman–Crippen LogP) is 2.68. The van der Waals surface area contributed by atoms with Crippen LogP contribution in [0.4, 0.5) is 5.69 Å². The molecule has 0 unspecified atom stereocenters. The number of benzene rings is 1. The van der Waals surface area contributed by atoms with Gasteiger partial charge in [-0.2, -0.15) is 0 Å². The minimum Gasteiger partial charge on any atom is -0.504 e. The first-order chi connectivity index (χ1) is 9.58. The molecule has 0 amide bonds. The molecule has 0 fully saturated rings. The molecule has 1 aromatic carbocycles. The van der Waals surface area contributed by atoms with Crippen molar-refractivity contribution >= 4 is 27.2 Å². The van der Waals surface area contributed by atoms with E-state index in [1.807, 2.05) is 0 Å². The van der Waals surface area contributed by atoms with Crippen LogP contribution in [0.2, 0.25) is 0 Å². The second kappa shape index (κ2) is 4.42. The first-order valence-electron chi connectivity index (χ1n) is 5.48. The Balaban J connectivity index is 2.31. The van der Waals surface area contributed by atoms with Gasteiger partial charge in [-0.15, -0.1) is 11.3 Å². The first-order valence-corrected chi connectivity index (χ1v) is 6.30. The van der Waals surface area contributed by atoms with Gasteiger partial charge in [0.1, 0.15) is 9.71 Å². The largest absolute Gasteiger partial charge is 0.504 e. The summed E-state index contributed by atoms with van der Waals surface area (Å²) >= 11 is 1.08. The van der Waals surface area contributed by atoms with Gasteiger partial charge < -0.3 is 10.2 Å². The lowest BCUT2D eigenvalue weighted by Gasteiger charge is -1.98. The van der Waals surface area contributed by atoms with Gasteiger partial charge in [-0.3, -0.25) is 15.1 Å². The molecule has 8 heteroatoms. The number of phenolic OH excluding ortho intramolecular Hbond substituents is 2. The highest BCUT2D eigenvalue weighted by molar-refractivity contribution is 7.22. The number of aromatic hydroxyl groups is 2. The number of phenols is 2. The van der Waals surface area contributed by atoms with Crippen LogP contribution in [0.1, 0.15) is 0 Å². The minimum absolute atomic E-state index is 0.220. The number of thiazole rings is 1. The van der Waals surface area contributed by atoms with Crippen molar-refractivity contribution in [2.24, 2.45) is 0 Å². The quantitative estimate of drug-likeness (QED) is 0.426. The highest BCUT2D eigenvalue weighted by atomic mass is 32.1. The molecule has 100 valence electrons. The van der Waals surface area contributed by atoms with E-state index in [0.717, 1.165) is 16.9 Å². The fourth-order valence-electron chi connectivity index (χ4n) is 1.81. The van der Waals surface area contributed by atoms with Crippen LogP contribution in [-0.2, 0) is 0 Å². The zero-order chi connectivity index (χ0) is 14.3. The zero-order valence-electron chi connectivity index (χ0n) is 9.85. The van der Waals surface area contributed by atoms with Gasteiger partial charge >= 0.3 is 5.69 Å². The van der Waals surface area contributed by atoms with Crippen molar-refractivity contribution < 1.29 is 15.1 Å². The van der Waals surface area contributed by atoms with Crippen LogP contribution in [0.3, 0.4) is 0 Å². The molecule has 0 aliphatic rings. The maximum absolute atomic E-state index is 11.0. The smallest absolute Gasteiger partial charge is 0.333 e. The van der Waals surface area contributed by atoms with E-state index in [4.69, 9.17) is 0 Å². The van der Waals surface area contributed by atoms with Crippen LogP contribution >= 0.6 is 11.3 Å². The standard InChI is InChI=1S/C12H7N3O4S/c16-8-5-7-11(9(10(8)17)15(18)19)20-12(14-7)6-1-3-13-4-2-6/h1-5,16-17H. The third-order valence-corrected chi connectivity index (χ3v) is 3.85. The summed E-state index contributed by atoms with van der Waals surface area (Å²) in [7, 11) is 0. The average Bonchev–Trinajstić information content (AvgIpc) is 2.83. The Morgan fingerprint density at radius 2 is 1.95 bits per heavy atom. The van der Waals surface area contributed by atoms with Crippen LogP contribution in [0.25, 0.3) is 20.8 Å². The maximum Gasteiger partial charge on any atom is 0.333 e. The van der Waals surface area contributed by atoms with Crippen LogP contribution in [0.15, 0.2) is 30.6 Å². The summed E-state index contributed by atoms with van der Waals surface area (Å²) in [6.45, 7) is 0. The third-order valence-electron chi connectivity index (χ3n) is 2.72. The fraction of sp³-hybridized carbons (Fsp3) is 0. The highest BCUT2D eigenvalue weighted by Crippen LogP contribution is 2.45. The van der Waals surface area contributed by atoms with Gasteiger partial charge in [-0.1, -0.05) is 0 Å². The number of hydrogen-bond acceptors (Lipinski definition) is 7. The van der Waals surface area contributed by atoms with Crippen molar-refractivity contribution in [3.63, 3.8) is 0 Å². The molecule has 2 aromatic heterocycles. The SMILES string of the molecule is O=[N+]([O-])c1c(O)c(O)cc2nc(-c3ccncc3)sc12. The van der Waals surface area contributed by atoms with E-state index < -0.39 is 22.1 Å². The van der Waals surface area contributed by atoms with Crippen molar-refractivity contribution in [1.82, 2.24) is 9.97 Å². The van der Waals surface area contributed by atoms with Gasteiger partial charge in [0.2, 0.25) is 5.75 Å². The molecule has 0 radical (unpaired) electrons. The summed E-state index contributed by atoms with van der Waals surface area (Å²) < 4.78 is 0.220. The zero-order valence-corrected chi connectivity index (χ0v) is 10.7. The summed E-state index contributed by atoms with van der Waals surface area (Å²) in [6, 6.07) is 4.66. The summed E-state index contributed by atoms with van der Waals surface area (Å²) in [5, 5.41) is 30.7. The van der Waals surface area contributed by atoms with Crippen molar-refractivity contribution in [3.8, 4) is 22.1 Å². The molecule has 20 heavy (non-hydrogen) atoms. The number of hydrogen-bond donors (Lipinski definition) is 2. The third kappa shape index (κ3) is 1.82. The molecule has 0 aliphatic heterocycles. The van der Waals surface area contributed by atoms with Crippen LogP contribution in [-0.4, -0.2) is 25.1 Å². The number of fused-ring (bicyclic) bond motifs is 1. The molecule has 0 spiro atoms. The van der Waals surface area contributed by atoms with E-state index in [-0.39, 0.29) is 10.2 Å². The molecule has 3 rings (SSSR count). The Morgan fingerprint density at radius 1 is 1.25 bits per heavy atom. The van der Waals surface area contributed by atoms with Crippen molar-refractivity contribution in [1.29, 1.82) is 0 Å². The van der Waals surface area contributed by atoms with E-state index in [1.54, 1.807) is 24.5 Å².